The zero-order chi connectivity index (χ0) is 13.2. The highest BCUT2D eigenvalue weighted by molar-refractivity contribution is 5.73. The summed E-state index contributed by atoms with van der Waals surface area (Å²) in [4.78, 5) is 10.6. The van der Waals surface area contributed by atoms with Crippen LogP contribution in [0.25, 0.3) is 0 Å². The maximum absolute atomic E-state index is 10.6. The van der Waals surface area contributed by atoms with E-state index in [1.54, 1.807) is 7.11 Å². The van der Waals surface area contributed by atoms with E-state index in [1.807, 2.05) is 24.3 Å². The molecule has 0 saturated heterocycles. The molecular weight excluding hydrogens is 232 g/mol. The first-order valence-corrected chi connectivity index (χ1v) is 5.92. The zero-order valence-electron chi connectivity index (χ0n) is 10.6. The molecule has 0 aliphatic heterocycles. The van der Waals surface area contributed by atoms with Crippen LogP contribution in [0.2, 0.25) is 0 Å². The fraction of sp³-hybridized carbons (Fsp3) is 0.462. The molecule has 1 aromatic carbocycles. The SMILES string of the molecule is COCCNCc1ccccc1OCCC(N)=O. The highest BCUT2D eigenvalue weighted by Crippen LogP contribution is 2.17. The number of carbonyl (C=O) groups excluding carboxylic acids is 1. The molecule has 0 aromatic heterocycles. The molecule has 0 aliphatic carbocycles. The van der Waals surface area contributed by atoms with Gasteiger partial charge in [-0.25, -0.2) is 0 Å². The summed E-state index contributed by atoms with van der Waals surface area (Å²) >= 11 is 0. The monoisotopic (exact) mass is 252 g/mol. The van der Waals surface area contributed by atoms with Crippen molar-refractivity contribution < 1.29 is 14.3 Å². The lowest BCUT2D eigenvalue weighted by Crippen LogP contribution is -2.19. The van der Waals surface area contributed by atoms with Crippen LogP contribution < -0.4 is 15.8 Å². The van der Waals surface area contributed by atoms with E-state index in [0.29, 0.717) is 19.8 Å². The lowest BCUT2D eigenvalue weighted by molar-refractivity contribution is -0.118. The van der Waals surface area contributed by atoms with E-state index in [-0.39, 0.29) is 12.3 Å². The van der Waals surface area contributed by atoms with Crippen molar-refractivity contribution in [2.24, 2.45) is 5.73 Å². The van der Waals surface area contributed by atoms with Gasteiger partial charge in [0.2, 0.25) is 5.91 Å². The summed E-state index contributed by atoms with van der Waals surface area (Å²) in [6.07, 6.45) is 0.228. The van der Waals surface area contributed by atoms with Crippen molar-refractivity contribution in [1.82, 2.24) is 5.32 Å². The Morgan fingerprint density at radius 1 is 1.33 bits per heavy atom. The molecule has 5 heteroatoms. The molecule has 0 heterocycles. The van der Waals surface area contributed by atoms with Gasteiger partial charge in [-0.1, -0.05) is 18.2 Å². The number of primary amides is 1. The molecule has 0 spiro atoms. The number of ether oxygens (including phenoxy) is 2. The standard InChI is InChI=1S/C13H20N2O3/c1-17-9-7-15-10-11-4-2-3-5-12(11)18-8-6-13(14)16/h2-5,15H,6-10H2,1H3,(H2,14,16). The summed E-state index contributed by atoms with van der Waals surface area (Å²) in [6.45, 7) is 2.47. The van der Waals surface area contributed by atoms with Gasteiger partial charge in [0.1, 0.15) is 5.75 Å². The van der Waals surface area contributed by atoms with Crippen molar-refractivity contribution in [3.05, 3.63) is 29.8 Å². The Morgan fingerprint density at radius 3 is 2.83 bits per heavy atom. The van der Waals surface area contributed by atoms with Gasteiger partial charge in [-0.3, -0.25) is 4.79 Å². The van der Waals surface area contributed by atoms with Gasteiger partial charge in [-0.15, -0.1) is 0 Å². The number of para-hydroxylation sites is 1. The van der Waals surface area contributed by atoms with E-state index < -0.39 is 0 Å². The molecule has 18 heavy (non-hydrogen) atoms. The predicted molar refractivity (Wildman–Crippen MR) is 69.3 cm³/mol. The molecule has 0 aliphatic rings. The second-order valence-corrected chi connectivity index (χ2v) is 3.84. The lowest BCUT2D eigenvalue weighted by atomic mass is 10.2. The number of benzene rings is 1. The Labute approximate surface area is 107 Å². The van der Waals surface area contributed by atoms with Crippen LogP contribution in [0.1, 0.15) is 12.0 Å². The second-order valence-electron chi connectivity index (χ2n) is 3.84. The smallest absolute Gasteiger partial charge is 0.220 e. The van der Waals surface area contributed by atoms with Crippen LogP contribution in [0.4, 0.5) is 0 Å². The summed E-state index contributed by atoms with van der Waals surface area (Å²) in [6, 6.07) is 7.72. The fourth-order valence-electron chi connectivity index (χ4n) is 1.45. The number of nitrogens with two attached hydrogens (primary N) is 1. The zero-order valence-corrected chi connectivity index (χ0v) is 10.6. The van der Waals surface area contributed by atoms with Crippen molar-refractivity contribution in [2.45, 2.75) is 13.0 Å². The average molecular weight is 252 g/mol. The van der Waals surface area contributed by atoms with Gasteiger partial charge in [0.05, 0.1) is 19.6 Å². The third-order valence-corrected chi connectivity index (χ3v) is 2.38. The molecular formula is C13H20N2O3. The highest BCUT2D eigenvalue weighted by Gasteiger charge is 2.03. The Hall–Kier alpha value is -1.59. The van der Waals surface area contributed by atoms with E-state index in [9.17, 15) is 4.79 Å². The first-order valence-electron chi connectivity index (χ1n) is 5.92. The minimum atomic E-state index is -0.356. The molecule has 0 bridgehead atoms. The molecule has 0 atom stereocenters. The first-order chi connectivity index (χ1) is 8.74. The van der Waals surface area contributed by atoms with E-state index in [1.165, 1.54) is 0 Å². The first kappa shape index (κ1) is 14.5. The number of carbonyl (C=O) groups is 1. The van der Waals surface area contributed by atoms with Gasteiger partial charge in [0, 0.05) is 25.8 Å². The quantitative estimate of drug-likeness (QED) is 0.634. The third kappa shape index (κ3) is 5.65. The number of rotatable bonds is 9. The number of methoxy groups -OCH3 is 1. The van der Waals surface area contributed by atoms with Crippen LogP contribution in [-0.4, -0.2) is 32.8 Å². The van der Waals surface area contributed by atoms with E-state index in [2.05, 4.69) is 5.32 Å². The molecule has 1 aromatic rings. The molecule has 100 valence electrons. The van der Waals surface area contributed by atoms with Crippen LogP contribution in [0.3, 0.4) is 0 Å². The van der Waals surface area contributed by atoms with Crippen LogP contribution >= 0.6 is 0 Å². The van der Waals surface area contributed by atoms with Crippen LogP contribution in [0, 0.1) is 0 Å². The summed E-state index contributed by atoms with van der Waals surface area (Å²) < 4.78 is 10.5. The Morgan fingerprint density at radius 2 is 2.11 bits per heavy atom. The van der Waals surface area contributed by atoms with Crippen molar-refractivity contribution in [2.75, 3.05) is 26.9 Å². The predicted octanol–water partition coefficient (Wildman–Crippen LogP) is 0.677. The van der Waals surface area contributed by atoms with Gasteiger partial charge in [0.25, 0.3) is 0 Å². The number of hydrogen-bond donors (Lipinski definition) is 2. The number of hydrogen-bond acceptors (Lipinski definition) is 4. The lowest BCUT2D eigenvalue weighted by Gasteiger charge is -2.11. The topological polar surface area (TPSA) is 73.6 Å². The van der Waals surface area contributed by atoms with E-state index in [0.717, 1.165) is 17.9 Å². The van der Waals surface area contributed by atoms with Crippen molar-refractivity contribution in [1.29, 1.82) is 0 Å². The largest absolute Gasteiger partial charge is 0.493 e. The van der Waals surface area contributed by atoms with Gasteiger partial charge in [0.15, 0.2) is 0 Å². The van der Waals surface area contributed by atoms with Gasteiger partial charge in [-0.05, 0) is 6.07 Å². The molecule has 1 rings (SSSR count). The summed E-state index contributed by atoms with van der Waals surface area (Å²) in [7, 11) is 1.67. The van der Waals surface area contributed by atoms with Crippen LogP contribution in [-0.2, 0) is 16.1 Å². The highest BCUT2D eigenvalue weighted by atomic mass is 16.5. The van der Waals surface area contributed by atoms with Crippen molar-refractivity contribution in [3.63, 3.8) is 0 Å². The van der Waals surface area contributed by atoms with E-state index >= 15 is 0 Å². The maximum Gasteiger partial charge on any atom is 0.220 e. The molecule has 5 nitrogen and oxygen atoms in total. The summed E-state index contributed by atoms with van der Waals surface area (Å²) in [5.74, 6) is 0.425. The van der Waals surface area contributed by atoms with Gasteiger partial charge in [-0.2, -0.15) is 0 Å². The molecule has 1 amide bonds. The Kier molecular flexibility index (Phi) is 6.83. The van der Waals surface area contributed by atoms with Crippen LogP contribution in [0.15, 0.2) is 24.3 Å². The Bertz CT molecular complexity index is 369. The molecule has 0 fully saturated rings. The average Bonchev–Trinajstić information content (AvgIpc) is 2.36. The minimum Gasteiger partial charge on any atom is -0.493 e. The van der Waals surface area contributed by atoms with Gasteiger partial charge < -0.3 is 20.5 Å². The Balaban J connectivity index is 2.43. The normalized spacial score (nSPS) is 10.3. The molecule has 0 radical (unpaired) electrons. The number of amides is 1. The summed E-state index contributed by atoms with van der Waals surface area (Å²) in [5, 5.41) is 3.25. The summed E-state index contributed by atoms with van der Waals surface area (Å²) in [5.41, 5.74) is 6.12. The second kappa shape index (κ2) is 8.49. The van der Waals surface area contributed by atoms with Crippen LogP contribution in [0.5, 0.6) is 5.75 Å². The van der Waals surface area contributed by atoms with E-state index in [4.69, 9.17) is 15.2 Å². The maximum atomic E-state index is 10.6. The third-order valence-electron chi connectivity index (χ3n) is 2.38. The minimum absolute atomic E-state index is 0.228. The fourth-order valence-corrected chi connectivity index (χ4v) is 1.45. The van der Waals surface area contributed by atoms with Gasteiger partial charge >= 0.3 is 0 Å². The number of nitrogens with one attached hydrogen (secondary N) is 1. The van der Waals surface area contributed by atoms with Crippen molar-refractivity contribution >= 4 is 5.91 Å². The molecule has 0 saturated carbocycles. The molecule has 0 unspecified atom stereocenters. The molecule has 3 N–H and O–H groups in total. The van der Waals surface area contributed by atoms with Crippen molar-refractivity contribution in [3.8, 4) is 5.75 Å².